The van der Waals surface area contributed by atoms with Crippen molar-refractivity contribution in [3.8, 4) is 5.75 Å². The second-order valence-electron chi connectivity index (χ2n) is 5.48. The molecule has 2 aromatic carbocycles. The number of rotatable bonds is 7. The SMILES string of the molecule is CNc1ccc(CCN[C@@H](C)[C@H](O)c2ccc(O)cc2)cc1. The van der Waals surface area contributed by atoms with Crippen molar-refractivity contribution < 1.29 is 10.2 Å². The van der Waals surface area contributed by atoms with E-state index in [1.54, 1.807) is 24.3 Å². The van der Waals surface area contributed by atoms with Gasteiger partial charge in [0.1, 0.15) is 5.75 Å². The molecule has 22 heavy (non-hydrogen) atoms. The Kier molecular flexibility index (Phi) is 5.81. The van der Waals surface area contributed by atoms with Gasteiger partial charge >= 0.3 is 0 Å². The third kappa shape index (κ3) is 4.48. The molecule has 0 aliphatic heterocycles. The third-order valence-electron chi connectivity index (χ3n) is 3.83. The molecular weight excluding hydrogens is 276 g/mol. The van der Waals surface area contributed by atoms with Crippen molar-refractivity contribution in [1.82, 2.24) is 5.32 Å². The van der Waals surface area contributed by atoms with Crippen molar-refractivity contribution in [2.24, 2.45) is 0 Å². The molecule has 2 atom stereocenters. The number of benzene rings is 2. The van der Waals surface area contributed by atoms with Gasteiger partial charge in [0, 0.05) is 18.8 Å². The quantitative estimate of drug-likeness (QED) is 0.635. The molecule has 118 valence electrons. The van der Waals surface area contributed by atoms with E-state index >= 15 is 0 Å². The molecule has 0 radical (unpaired) electrons. The van der Waals surface area contributed by atoms with Crippen LogP contribution in [0.15, 0.2) is 48.5 Å². The first-order chi connectivity index (χ1) is 10.6. The largest absolute Gasteiger partial charge is 0.508 e. The minimum atomic E-state index is -0.590. The topological polar surface area (TPSA) is 64.5 Å². The van der Waals surface area contributed by atoms with Gasteiger partial charge < -0.3 is 20.8 Å². The van der Waals surface area contributed by atoms with E-state index in [0.717, 1.165) is 24.2 Å². The summed E-state index contributed by atoms with van der Waals surface area (Å²) in [5.41, 5.74) is 3.17. The Morgan fingerprint density at radius 2 is 1.64 bits per heavy atom. The van der Waals surface area contributed by atoms with Crippen LogP contribution in [0.4, 0.5) is 5.69 Å². The van der Waals surface area contributed by atoms with E-state index in [9.17, 15) is 10.2 Å². The molecule has 0 amide bonds. The molecule has 4 heteroatoms. The summed E-state index contributed by atoms with van der Waals surface area (Å²) < 4.78 is 0. The summed E-state index contributed by atoms with van der Waals surface area (Å²) in [5.74, 6) is 0.210. The maximum absolute atomic E-state index is 10.3. The van der Waals surface area contributed by atoms with Crippen molar-refractivity contribution in [1.29, 1.82) is 0 Å². The van der Waals surface area contributed by atoms with Crippen LogP contribution in [0.3, 0.4) is 0 Å². The highest BCUT2D eigenvalue weighted by molar-refractivity contribution is 5.43. The molecule has 4 nitrogen and oxygen atoms in total. The molecule has 0 fully saturated rings. The maximum Gasteiger partial charge on any atom is 0.115 e. The predicted octanol–water partition coefficient (Wildman–Crippen LogP) is 2.69. The fourth-order valence-electron chi connectivity index (χ4n) is 2.35. The molecule has 0 unspecified atom stereocenters. The number of hydrogen-bond acceptors (Lipinski definition) is 4. The zero-order chi connectivity index (χ0) is 15.9. The van der Waals surface area contributed by atoms with Gasteiger partial charge in [0.05, 0.1) is 6.10 Å². The van der Waals surface area contributed by atoms with Crippen LogP contribution in [0.25, 0.3) is 0 Å². The van der Waals surface area contributed by atoms with Crippen molar-refractivity contribution in [3.63, 3.8) is 0 Å². The normalized spacial score (nSPS) is 13.6. The maximum atomic E-state index is 10.3. The first-order valence-electron chi connectivity index (χ1n) is 7.57. The predicted molar refractivity (Wildman–Crippen MR) is 90.2 cm³/mol. The van der Waals surface area contributed by atoms with Gasteiger partial charge in [-0.2, -0.15) is 0 Å². The average molecular weight is 300 g/mol. The lowest BCUT2D eigenvalue weighted by Gasteiger charge is -2.20. The van der Waals surface area contributed by atoms with Crippen LogP contribution < -0.4 is 10.6 Å². The van der Waals surface area contributed by atoms with Gasteiger partial charge in [0.15, 0.2) is 0 Å². The highest BCUT2D eigenvalue weighted by Crippen LogP contribution is 2.19. The minimum Gasteiger partial charge on any atom is -0.508 e. The molecule has 0 saturated heterocycles. The van der Waals surface area contributed by atoms with Crippen molar-refractivity contribution >= 4 is 5.69 Å². The molecule has 0 heterocycles. The molecule has 0 aliphatic rings. The van der Waals surface area contributed by atoms with E-state index in [1.807, 2.05) is 14.0 Å². The van der Waals surface area contributed by atoms with Gasteiger partial charge in [-0.3, -0.25) is 0 Å². The van der Waals surface area contributed by atoms with Gasteiger partial charge in [-0.1, -0.05) is 24.3 Å². The van der Waals surface area contributed by atoms with Crippen molar-refractivity contribution in [2.75, 3.05) is 18.9 Å². The zero-order valence-electron chi connectivity index (χ0n) is 13.1. The Morgan fingerprint density at radius 1 is 1.00 bits per heavy atom. The molecule has 0 bridgehead atoms. The number of hydrogen-bond donors (Lipinski definition) is 4. The molecule has 2 rings (SSSR count). The van der Waals surface area contributed by atoms with E-state index in [2.05, 4.69) is 34.9 Å². The fraction of sp³-hybridized carbons (Fsp3) is 0.333. The summed E-state index contributed by atoms with van der Waals surface area (Å²) in [6, 6.07) is 14.9. The molecular formula is C18H24N2O2. The summed E-state index contributed by atoms with van der Waals surface area (Å²) in [4.78, 5) is 0. The summed E-state index contributed by atoms with van der Waals surface area (Å²) in [5, 5.41) is 26.0. The number of phenols is 1. The molecule has 0 saturated carbocycles. The van der Waals surface area contributed by atoms with E-state index in [4.69, 9.17) is 0 Å². The van der Waals surface area contributed by atoms with Crippen LogP contribution in [0, 0.1) is 0 Å². The van der Waals surface area contributed by atoms with E-state index in [0.29, 0.717) is 0 Å². The lowest BCUT2D eigenvalue weighted by molar-refractivity contribution is 0.136. The van der Waals surface area contributed by atoms with Crippen LogP contribution >= 0.6 is 0 Å². The molecule has 4 N–H and O–H groups in total. The standard InChI is InChI=1S/C18H24N2O2/c1-13(18(22)15-5-9-17(21)10-6-15)20-12-11-14-3-7-16(19-2)8-4-14/h3-10,13,18-22H,11-12H2,1-2H3/t13-,18-/m0/s1. The Morgan fingerprint density at radius 3 is 2.23 bits per heavy atom. The molecule has 0 spiro atoms. The summed E-state index contributed by atoms with van der Waals surface area (Å²) in [7, 11) is 1.91. The lowest BCUT2D eigenvalue weighted by Crippen LogP contribution is -2.33. The molecule has 0 aromatic heterocycles. The van der Waals surface area contributed by atoms with Crippen LogP contribution in [0.5, 0.6) is 5.75 Å². The molecule has 2 aromatic rings. The van der Waals surface area contributed by atoms with Crippen molar-refractivity contribution in [2.45, 2.75) is 25.5 Å². The fourth-order valence-corrected chi connectivity index (χ4v) is 2.35. The van der Waals surface area contributed by atoms with Gasteiger partial charge in [-0.15, -0.1) is 0 Å². The number of phenolic OH excluding ortho intramolecular Hbond substituents is 1. The van der Waals surface area contributed by atoms with Gasteiger partial charge in [0.25, 0.3) is 0 Å². The first kappa shape index (κ1) is 16.3. The summed E-state index contributed by atoms with van der Waals surface area (Å²) in [6.07, 6.45) is 0.323. The summed E-state index contributed by atoms with van der Waals surface area (Å²) >= 11 is 0. The highest BCUT2D eigenvalue weighted by Gasteiger charge is 2.15. The monoisotopic (exact) mass is 300 g/mol. The van der Waals surface area contributed by atoms with Gasteiger partial charge in [-0.25, -0.2) is 0 Å². The second-order valence-corrected chi connectivity index (χ2v) is 5.48. The lowest BCUT2D eigenvalue weighted by atomic mass is 10.0. The first-order valence-corrected chi connectivity index (χ1v) is 7.57. The Hall–Kier alpha value is -2.04. The van der Waals surface area contributed by atoms with Crippen LogP contribution in [-0.4, -0.2) is 29.8 Å². The van der Waals surface area contributed by atoms with Crippen LogP contribution in [-0.2, 0) is 6.42 Å². The number of nitrogens with one attached hydrogen (secondary N) is 2. The number of aliphatic hydroxyl groups is 1. The van der Waals surface area contributed by atoms with Gasteiger partial charge in [0.2, 0.25) is 0 Å². The van der Waals surface area contributed by atoms with Crippen molar-refractivity contribution in [3.05, 3.63) is 59.7 Å². The smallest absolute Gasteiger partial charge is 0.115 e. The summed E-state index contributed by atoms with van der Waals surface area (Å²) in [6.45, 7) is 2.76. The van der Waals surface area contributed by atoms with E-state index in [1.165, 1.54) is 5.56 Å². The number of anilines is 1. The number of aromatic hydroxyl groups is 1. The Balaban J connectivity index is 1.81. The molecule has 0 aliphatic carbocycles. The zero-order valence-corrected chi connectivity index (χ0v) is 13.1. The van der Waals surface area contributed by atoms with E-state index < -0.39 is 6.10 Å². The Bertz CT molecular complexity index is 567. The average Bonchev–Trinajstić information content (AvgIpc) is 2.55. The number of aliphatic hydroxyl groups excluding tert-OH is 1. The van der Waals surface area contributed by atoms with Crippen LogP contribution in [0.1, 0.15) is 24.2 Å². The van der Waals surface area contributed by atoms with Gasteiger partial charge in [-0.05, 0) is 55.3 Å². The Labute approximate surface area is 131 Å². The van der Waals surface area contributed by atoms with Crippen LogP contribution in [0.2, 0.25) is 0 Å². The second kappa shape index (κ2) is 7.82. The van der Waals surface area contributed by atoms with E-state index in [-0.39, 0.29) is 11.8 Å². The highest BCUT2D eigenvalue weighted by atomic mass is 16.3. The minimum absolute atomic E-state index is 0.0545. The third-order valence-corrected chi connectivity index (χ3v) is 3.83.